The van der Waals surface area contributed by atoms with Crippen LogP contribution in [0.1, 0.15) is 30.9 Å². The van der Waals surface area contributed by atoms with Crippen molar-refractivity contribution in [1.82, 2.24) is 4.90 Å². The molecule has 0 fully saturated rings. The van der Waals surface area contributed by atoms with Crippen LogP contribution in [0.2, 0.25) is 0 Å². The van der Waals surface area contributed by atoms with Crippen molar-refractivity contribution in [2.75, 3.05) is 13.2 Å². The molecule has 160 valence electrons. The lowest BCUT2D eigenvalue weighted by molar-refractivity contribution is -0.185. The van der Waals surface area contributed by atoms with Crippen LogP contribution in [0.25, 0.3) is 0 Å². The fourth-order valence-electron chi connectivity index (χ4n) is 3.56. The second-order valence-corrected chi connectivity index (χ2v) is 7.28. The van der Waals surface area contributed by atoms with Gasteiger partial charge in [-0.2, -0.15) is 13.2 Å². The Bertz CT molecular complexity index is 929. The third kappa shape index (κ3) is 4.47. The number of ether oxygens (including phenoxy) is 1. The molecule has 0 bridgehead atoms. The highest BCUT2D eigenvalue weighted by Gasteiger charge is 2.45. The molecule has 0 aromatic heterocycles. The number of hydrogen-bond acceptors (Lipinski definition) is 4. The van der Waals surface area contributed by atoms with Gasteiger partial charge in [-0.1, -0.05) is 31.2 Å². The Balaban J connectivity index is 1.77. The first kappa shape index (κ1) is 21.8. The number of nitrogens with zero attached hydrogens (tertiary/aromatic N) is 1. The van der Waals surface area contributed by atoms with E-state index in [4.69, 9.17) is 4.74 Å². The second kappa shape index (κ2) is 8.45. The third-order valence-electron chi connectivity index (χ3n) is 5.21. The van der Waals surface area contributed by atoms with Gasteiger partial charge in [0.1, 0.15) is 0 Å². The van der Waals surface area contributed by atoms with Gasteiger partial charge in [-0.25, -0.2) is 4.39 Å². The summed E-state index contributed by atoms with van der Waals surface area (Å²) in [4.78, 5) is 25.4. The summed E-state index contributed by atoms with van der Waals surface area (Å²) in [6.07, 6.45) is -0.0671. The largest absolute Gasteiger partial charge is 0.466 e. The summed E-state index contributed by atoms with van der Waals surface area (Å²) in [5.41, 5.74) is 1.95. The van der Waals surface area contributed by atoms with Gasteiger partial charge in [-0.15, -0.1) is 0 Å². The summed E-state index contributed by atoms with van der Waals surface area (Å²) in [5, 5.41) is 0. The minimum Gasteiger partial charge on any atom is -0.466 e. The van der Waals surface area contributed by atoms with Crippen molar-refractivity contribution in [3.63, 3.8) is 0 Å². The number of carbonyl (C=O) groups excluding carboxylic acids is 2. The standard InChI is InChI=1S/C22H21F4NO3/c1-3-30-21(29)19(13(2)22(24,25)26)15-6-4-14(5-7-15)10-27-11-16-8-9-18(28)20(23)17(16)12-27/h4-9,11,13,19H,3,10,12H2,1-2H3. The minimum atomic E-state index is -4.54. The average molecular weight is 423 g/mol. The van der Waals surface area contributed by atoms with Gasteiger partial charge in [0.05, 0.1) is 18.4 Å². The zero-order chi connectivity index (χ0) is 22.1. The van der Waals surface area contributed by atoms with E-state index in [2.05, 4.69) is 0 Å². The Kier molecular flexibility index (Phi) is 6.14. The molecule has 0 amide bonds. The molecule has 1 aromatic carbocycles. The van der Waals surface area contributed by atoms with Crippen LogP contribution < -0.4 is 0 Å². The fraction of sp³-hybridized carbons (Fsp3) is 0.364. The first-order valence-corrected chi connectivity index (χ1v) is 9.51. The Labute approximate surface area is 171 Å². The van der Waals surface area contributed by atoms with Crippen molar-refractivity contribution >= 4 is 11.8 Å². The van der Waals surface area contributed by atoms with Gasteiger partial charge in [0.2, 0.25) is 5.78 Å². The van der Waals surface area contributed by atoms with Crippen LogP contribution in [-0.4, -0.2) is 36.0 Å². The van der Waals surface area contributed by atoms with Crippen LogP contribution in [0.5, 0.6) is 0 Å². The number of carbonyl (C=O) groups is 2. The van der Waals surface area contributed by atoms with Crippen molar-refractivity contribution in [3.8, 4) is 0 Å². The van der Waals surface area contributed by atoms with Crippen LogP contribution in [0.4, 0.5) is 17.6 Å². The van der Waals surface area contributed by atoms with Crippen molar-refractivity contribution < 1.29 is 31.9 Å². The molecule has 1 aliphatic carbocycles. The van der Waals surface area contributed by atoms with E-state index >= 15 is 0 Å². The van der Waals surface area contributed by atoms with E-state index in [0.717, 1.165) is 12.5 Å². The molecular weight excluding hydrogens is 402 g/mol. The SMILES string of the molecule is CCOC(=O)C(c1ccc(CN2C=C3C=CC(=O)C(F)=C3C2)cc1)C(C)C(F)(F)F. The predicted octanol–water partition coefficient (Wildman–Crippen LogP) is 4.59. The summed E-state index contributed by atoms with van der Waals surface area (Å²) < 4.78 is 58.6. The molecule has 2 atom stereocenters. The van der Waals surface area contributed by atoms with Crippen molar-refractivity contribution in [3.05, 3.63) is 70.7 Å². The van der Waals surface area contributed by atoms with E-state index in [-0.39, 0.29) is 18.7 Å². The normalized spacial score (nSPS) is 18.3. The van der Waals surface area contributed by atoms with Crippen LogP contribution in [0, 0.1) is 5.92 Å². The fourth-order valence-corrected chi connectivity index (χ4v) is 3.56. The molecule has 1 aromatic rings. The van der Waals surface area contributed by atoms with E-state index in [1.54, 1.807) is 31.3 Å². The zero-order valence-corrected chi connectivity index (χ0v) is 16.5. The zero-order valence-electron chi connectivity index (χ0n) is 16.5. The molecule has 0 N–H and O–H groups in total. The van der Waals surface area contributed by atoms with Crippen molar-refractivity contribution in [1.29, 1.82) is 0 Å². The molecule has 8 heteroatoms. The molecule has 4 nitrogen and oxygen atoms in total. The smallest absolute Gasteiger partial charge is 0.392 e. The number of halogens is 4. The van der Waals surface area contributed by atoms with Crippen LogP contribution in [0.15, 0.2) is 59.6 Å². The van der Waals surface area contributed by atoms with Crippen LogP contribution >= 0.6 is 0 Å². The molecule has 2 unspecified atom stereocenters. The lowest BCUT2D eigenvalue weighted by atomic mass is 9.86. The van der Waals surface area contributed by atoms with Gasteiger partial charge in [0, 0.05) is 24.9 Å². The number of alkyl halides is 3. The molecule has 30 heavy (non-hydrogen) atoms. The van der Waals surface area contributed by atoms with Gasteiger partial charge in [0.15, 0.2) is 5.83 Å². The number of allylic oxidation sites excluding steroid dienone is 3. The summed E-state index contributed by atoms with van der Waals surface area (Å²) in [7, 11) is 0. The number of benzene rings is 1. The topological polar surface area (TPSA) is 46.6 Å². The quantitative estimate of drug-likeness (QED) is 0.496. The maximum Gasteiger partial charge on any atom is 0.392 e. The molecule has 0 saturated carbocycles. The summed E-state index contributed by atoms with van der Waals surface area (Å²) in [6.45, 7) is 3.10. The lowest BCUT2D eigenvalue weighted by Gasteiger charge is -2.25. The maximum absolute atomic E-state index is 14.0. The highest BCUT2D eigenvalue weighted by atomic mass is 19.4. The van der Waals surface area contributed by atoms with Gasteiger partial charge in [-0.05, 0) is 35.8 Å². The van der Waals surface area contributed by atoms with Crippen molar-refractivity contribution in [2.24, 2.45) is 5.92 Å². The third-order valence-corrected chi connectivity index (χ3v) is 5.21. The number of fused-ring (bicyclic) bond motifs is 1. The Morgan fingerprint density at radius 1 is 1.20 bits per heavy atom. The second-order valence-electron chi connectivity index (χ2n) is 7.28. The van der Waals surface area contributed by atoms with Gasteiger partial charge < -0.3 is 9.64 Å². The van der Waals surface area contributed by atoms with Crippen LogP contribution in [0.3, 0.4) is 0 Å². The molecule has 3 rings (SSSR count). The monoisotopic (exact) mass is 423 g/mol. The molecule has 1 heterocycles. The van der Waals surface area contributed by atoms with E-state index < -0.39 is 35.6 Å². The Hall–Kier alpha value is -2.90. The average Bonchev–Trinajstić information content (AvgIpc) is 3.09. The summed E-state index contributed by atoms with van der Waals surface area (Å²) in [5.74, 6) is -5.68. The number of rotatable bonds is 6. The molecule has 0 radical (unpaired) electrons. The highest BCUT2D eigenvalue weighted by Crippen LogP contribution is 2.38. The summed E-state index contributed by atoms with van der Waals surface area (Å²) >= 11 is 0. The minimum absolute atomic E-state index is 0.00895. The Morgan fingerprint density at radius 3 is 2.47 bits per heavy atom. The van der Waals surface area contributed by atoms with Crippen LogP contribution in [-0.2, 0) is 20.9 Å². The first-order chi connectivity index (χ1) is 14.1. The van der Waals surface area contributed by atoms with E-state index in [1.165, 1.54) is 18.2 Å². The molecule has 1 aliphatic heterocycles. The van der Waals surface area contributed by atoms with E-state index in [0.29, 0.717) is 17.7 Å². The molecule has 0 spiro atoms. The van der Waals surface area contributed by atoms with Crippen molar-refractivity contribution in [2.45, 2.75) is 32.5 Å². The Morgan fingerprint density at radius 2 is 1.87 bits per heavy atom. The number of hydrogen-bond donors (Lipinski definition) is 0. The summed E-state index contributed by atoms with van der Waals surface area (Å²) in [6, 6.07) is 6.24. The molecule has 2 aliphatic rings. The number of ketones is 1. The van der Waals surface area contributed by atoms with Gasteiger partial charge >= 0.3 is 12.1 Å². The first-order valence-electron chi connectivity index (χ1n) is 9.51. The highest BCUT2D eigenvalue weighted by molar-refractivity contribution is 6.05. The number of esters is 1. The maximum atomic E-state index is 14.0. The van der Waals surface area contributed by atoms with Gasteiger partial charge in [0.25, 0.3) is 0 Å². The van der Waals surface area contributed by atoms with E-state index in [1.807, 2.05) is 4.90 Å². The van der Waals surface area contributed by atoms with E-state index in [9.17, 15) is 27.2 Å². The lowest BCUT2D eigenvalue weighted by Crippen LogP contribution is -2.32. The molecule has 0 saturated heterocycles. The van der Waals surface area contributed by atoms with Gasteiger partial charge in [-0.3, -0.25) is 9.59 Å². The predicted molar refractivity (Wildman–Crippen MR) is 102 cm³/mol. The molecular formula is C22H21F4NO3.